The number of esters is 3. The van der Waals surface area contributed by atoms with Crippen LogP contribution < -0.4 is 10.0 Å². The first-order chi connectivity index (χ1) is 12.0. The molecule has 1 aromatic rings. The molecule has 1 heterocycles. The van der Waals surface area contributed by atoms with E-state index in [1.54, 1.807) is 13.8 Å². The number of nitrogens with one attached hydrogen (secondary N) is 1. The highest BCUT2D eigenvalue weighted by atomic mass is 16.6. The van der Waals surface area contributed by atoms with Crippen LogP contribution in [0, 0.1) is 5.21 Å². The second kappa shape index (κ2) is 10.1. The van der Waals surface area contributed by atoms with Gasteiger partial charge in [-0.05, 0) is 19.9 Å². The number of carbonyl (C=O) groups excluding carboxylic acids is 3. The van der Waals surface area contributed by atoms with E-state index in [4.69, 9.17) is 14.2 Å². The highest BCUT2D eigenvalue weighted by Crippen LogP contribution is 2.12. The number of carbonyl (C=O) groups is 3. The largest absolute Gasteiger partial charge is 0.618 e. The van der Waals surface area contributed by atoms with Crippen LogP contribution in [0.2, 0.25) is 0 Å². The third-order valence-corrected chi connectivity index (χ3v) is 2.85. The van der Waals surface area contributed by atoms with E-state index in [1.165, 1.54) is 12.1 Å². The van der Waals surface area contributed by atoms with Crippen LogP contribution in [-0.4, -0.2) is 51.1 Å². The summed E-state index contributed by atoms with van der Waals surface area (Å²) in [6.45, 7) is 2.92. The van der Waals surface area contributed by atoms with Gasteiger partial charge in [-0.3, -0.25) is 0 Å². The third kappa shape index (κ3) is 5.60. The second-order valence-electron chi connectivity index (χ2n) is 4.46. The SMILES string of the molecule is CCOC(=O)C(OCNc1ccc[n+]([O-])c1C(=O)OC)C(=O)OCC. The van der Waals surface area contributed by atoms with Gasteiger partial charge in [-0.1, -0.05) is 0 Å². The molecule has 0 saturated heterocycles. The van der Waals surface area contributed by atoms with Gasteiger partial charge < -0.3 is 29.5 Å². The lowest BCUT2D eigenvalue weighted by atomic mass is 10.3. The fourth-order valence-electron chi connectivity index (χ4n) is 1.80. The van der Waals surface area contributed by atoms with Gasteiger partial charge in [0.25, 0.3) is 6.10 Å². The summed E-state index contributed by atoms with van der Waals surface area (Å²) < 4.78 is 19.5. The van der Waals surface area contributed by atoms with Crippen molar-refractivity contribution in [1.82, 2.24) is 0 Å². The fraction of sp³-hybridized carbons (Fsp3) is 0.467. The molecular weight excluding hydrogens is 336 g/mol. The van der Waals surface area contributed by atoms with Gasteiger partial charge >= 0.3 is 23.6 Å². The number of anilines is 1. The zero-order valence-corrected chi connectivity index (χ0v) is 14.1. The van der Waals surface area contributed by atoms with E-state index >= 15 is 0 Å². The van der Waals surface area contributed by atoms with Crippen LogP contribution in [0.1, 0.15) is 24.3 Å². The molecule has 0 saturated carbocycles. The van der Waals surface area contributed by atoms with Crippen LogP contribution in [0.15, 0.2) is 18.3 Å². The molecule has 0 bridgehead atoms. The summed E-state index contributed by atoms with van der Waals surface area (Å²) in [6.07, 6.45) is -0.463. The van der Waals surface area contributed by atoms with Crippen molar-refractivity contribution in [2.24, 2.45) is 0 Å². The predicted molar refractivity (Wildman–Crippen MR) is 83.4 cm³/mol. The molecule has 138 valence electrons. The zero-order valence-electron chi connectivity index (χ0n) is 14.1. The number of hydrogen-bond donors (Lipinski definition) is 1. The van der Waals surface area contributed by atoms with Gasteiger partial charge in [-0.15, -0.1) is 0 Å². The minimum absolute atomic E-state index is 0.0624. The minimum atomic E-state index is -1.59. The maximum atomic E-state index is 11.8. The van der Waals surface area contributed by atoms with Gasteiger partial charge in [0.15, 0.2) is 6.20 Å². The quantitative estimate of drug-likeness (QED) is 0.162. The average molecular weight is 356 g/mol. The van der Waals surface area contributed by atoms with Crippen molar-refractivity contribution in [2.45, 2.75) is 20.0 Å². The van der Waals surface area contributed by atoms with Crippen molar-refractivity contribution >= 4 is 23.6 Å². The lowest BCUT2D eigenvalue weighted by Gasteiger charge is -2.16. The highest BCUT2D eigenvalue weighted by molar-refractivity contribution is 5.98. The lowest BCUT2D eigenvalue weighted by molar-refractivity contribution is -0.607. The number of ether oxygens (including phenoxy) is 4. The topological polar surface area (TPSA) is 127 Å². The Hall–Kier alpha value is -2.88. The fourth-order valence-corrected chi connectivity index (χ4v) is 1.80. The van der Waals surface area contributed by atoms with Gasteiger partial charge in [0.05, 0.1) is 20.3 Å². The number of hydrogen-bond acceptors (Lipinski definition) is 9. The molecule has 0 radical (unpaired) electrons. The van der Waals surface area contributed by atoms with Crippen LogP contribution in [0.5, 0.6) is 0 Å². The molecule has 0 amide bonds. The van der Waals surface area contributed by atoms with Crippen LogP contribution in [0.25, 0.3) is 0 Å². The van der Waals surface area contributed by atoms with Crippen LogP contribution in [-0.2, 0) is 28.5 Å². The molecule has 0 unspecified atom stereocenters. The molecule has 0 fully saturated rings. The summed E-state index contributed by atoms with van der Waals surface area (Å²) in [5.74, 6) is -2.66. The molecule has 0 aliphatic carbocycles. The molecule has 0 spiro atoms. The van der Waals surface area contributed by atoms with Gasteiger partial charge in [0, 0.05) is 6.07 Å². The molecule has 10 nitrogen and oxygen atoms in total. The Morgan fingerprint density at radius 2 is 1.80 bits per heavy atom. The summed E-state index contributed by atoms with van der Waals surface area (Å²) in [5, 5.41) is 14.3. The van der Waals surface area contributed by atoms with Crippen molar-refractivity contribution < 1.29 is 38.1 Å². The Morgan fingerprint density at radius 1 is 1.20 bits per heavy atom. The van der Waals surface area contributed by atoms with Gasteiger partial charge in [-0.2, -0.15) is 4.73 Å². The summed E-state index contributed by atoms with van der Waals surface area (Å²) in [7, 11) is 1.13. The summed E-state index contributed by atoms with van der Waals surface area (Å²) in [4.78, 5) is 35.2. The molecule has 25 heavy (non-hydrogen) atoms. The number of rotatable bonds is 9. The monoisotopic (exact) mass is 356 g/mol. The van der Waals surface area contributed by atoms with Crippen molar-refractivity contribution in [3.8, 4) is 0 Å². The van der Waals surface area contributed by atoms with Gasteiger partial charge in [0.2, 0.25) is 0 Å². The van der Waals surface area contributed by atoms with Crippen molar-refractivity contribution in [1.29, 1.82) is 0 Å². The zero-order chi connectivity index (χ0) is 18.8. The standard InChI is InChI=1S/C15H20N2O8/c1-4-23-14(19)12(15(20)24-5-2)25-9-16-10-7-6-8-17(21)11(10)13(18)22-3/h6-8,12,16H,4-5,9H2,1-3H3. The molecule has 0 aliphatic heterocycles. The van der Waals surface area contributed by atoms with E-state index < -0.39 is 24.0 Å². The number of pyridine rings is 1. The van der Waals surface area contributed by atoms with Crippen LogP contribution in [0.3, 0.4) is 0 Å². The van der Waals surface area contributed by atoms with Crippen molar-refractivity contribution in [3.63, 3.8) is 0 Å². The predicted octanol–water partition coefficient (Wildman–Crippen LogP) is -0.0126. The summed E-state index contributed by atoms with van der Waals surface area (Å²) in [5.41, 5.74) is -0.187. The van der Waals surface area contributed by atoms with Gasteiger partial charge in [-0.25, -0.2) is 14.4 Å². The maximum absolute atomic E-state index is 11.8. The highest BCUT2D eigenvalue weighted by Gasteiger charge is 2.31. The molecule has 1 aromatic heterocycles. The normalized spacial score (nSPS) is 10.2. The van der Waals surface area contributed by atoms with E-state index in [-0.39, 0.29) is 31.3 Å². The lowest BCUT2D eigenvalue weighted by Crippen LogP contribution is -2.38. The molecule has 0 aliphatic rings. The molecule has 1 rings (SSSR count). The van der Waals surface area contributed by atoms with Crippen LogP contribution >= 0.6 is 0 Å². The van der Waals surface area contributed by atoms with E-state index in [1.807, 2.05) is 0 Å². The van der Waals surface area contributed by atoms with Gasteiger partial charge in [0.1, 0.15) is 12.4 Å². The molecular formula is C15H20N2O8. The van der Waals surface area contributed by atoms with E-state index in [9.17, 15) is 19.6 Å². The molecule has 0 aromatic carbocycles. The number of nitrogens with zero attached hydrogens (tertiary/aromatic N) is 1. The first kappa shape index (κ1) is 20.2. The minimum Gasteiger partial charge on any atom is -0.618 e. The Labute approximate surface area is 144 Å². The summed E-state index contributed by atoms with van der Waals surface area (Å²) >= 11 is 0. The van der Waals surface area contributed by atoms with E-state index in [2.05, 4.69) is 10.1 Å². The first-order valence-corrected chi connectivity index (χ1v) is 7.45. The number of methoxy groups -OCH3 is 1. The smallest absolute Gasteiger partial charge is 0.407 e. The Morgan fingerprint density at radius 3 is 2.32 bits per heavy atom. The van der Waals surface area contributed by atoms with Crippen molar-refractivity contribution in [3.05, 3.63) is 29.2 Å². The first-order valence-electron chi connectivity index (χ1n) is 7.45. The third-order valence-electron chi connectivity index (χ3n) is 2.85. The average Bonchev–Trinajstić information content (AvgIpc) is 2.58. The summed E-state index contributed by atoms with van der Waals surface area (Å²) in [6, 6.07) is 2.84. The Bertz CT molecular complexity index is 602. The van der Waals surface area contributed by atoms with Crippen LogP contribution in [0.4, 0.5) is 5.69 Å². The molecule has 1 N–H and O–H groups in total. The van der Waals surface area contributed by atoms with E-state index in [0.29, 0.717) is 4.73 Å². The Kier molecular flexibility index (Phi) is 8.13. The van der Waals surface area contributed by atoms with Crippen molar-refractivity contribution in [2.75, 3.05) is 32.4 Å². The molecule has 10 heteroatoms. The second-order valence-corrected chi connectivity index (χ2v) is 4.46. The number of aromatic nitrogens is 1. The Balaban J connectivity index is 2.82. The maximum Gasteiger partial charge on any atom is 0.407 e. The molecule has 0 atom stereocenters. The van der Waals surface area contributed by atoms with E-state index in [0.717, 1.165) is 13.3 Å².